The molecule has 308 valence electrons. The van der Waals surface area contributed by atoms with Crippen LogP contribution >= 0.6 is 0 Å². The van der Waals surface area contributed by atoms with Crippen molar-refractivity contribution in [2.45, 2.75) is 130 Å². The second-order valence-corrected chi connectivity index (χ2v) is 17.7. The summed E-state index contributed by atoms with van der Waals surface area (Å²) >= 11 is 0. The average Bonchev–Trinajstić information content (AvgIpc) is 3.88. The predicted molar refractivity (Wildman–Crippen MR) is 238 cm³/mol. The first-order valence-electron chi connectivity index (χ1n) is 22.5. The normalized spacial score (nSPS) is 30.7. The Morgan fingerprint density at radius 1 is 0.627 bits per heavy atom. The molecule has 59 heavy (non-hydrogen) atoms. The molecule has 0 aromatic rings. The number of amides is 4. The summed E-state index contributed by atoms with van der Waals surface area (Å²) in [6.07, 6.45) is 43.0. The molecule has 4 fully saturated rings. The van der Waals surface area contributed by atoms with Crippen molar-refractivity contribution in [1.82, 2.24) is 19.6 Å². The van der Waals surface area contributed by atoms with Crippen LogP contribution in [0, 0.1) is 11.8 Å². The van der Waals surface area contributed by atoms with E-state index in [1.54, 1.807) is 0 Å². The zero-order chi connectivity index (χ0) is 41.5. The molecular formula is C52H62N4O3. The third-order valence-electron chi connectivity index (χ3n) is 13.6. The molecule has 0 aromatic carbocycles. The minimum Gasteiger partial charge on any atom is -0.361 e. The Morgan fingerprint density at radius 3 is 1.59 bits per heavy atom. The van der Waals surface area contributed by atoms with Gasteiger partial charge in [-0.05, 0) is 111 Å². The van der Waals surface area contributed by atoms with E-state index in [4.69, 9.17) is 0 Å². The fourth-order valence-corrected chi connectivity index (χ4v) is 10.9. The van der Waals surface area contributed by atoms with E-state index >= 15 is 0 Å². The quantitative estimate of drug-likeness (QED) is 0.146. The van der Waals surface area contributed by atoms with Crippen LogP contribution in [0.3, 0.4) is 0 Å². The van der Waals surface area contributed by atoms with Crippen LogP contribution in [0.2, 0.25) is 0 Å². The van der Waals surface area contributed by atoms with Crippen molar-refractivity contribution in [3.05, 3.63) is 153 Å². The molecule has 8 aliphatic rings. The van der Waals surface area contributed by atoms with Crippen molar-refractivity contribution in [3.63, 3.8) is 0 Å². The average molecular weight is 791 g/mol. The van der Waals surface area contributed by atoms with Gasteiger partial charge in [0.2, 0.25) is 0 Å². The van der Waals surface area contributed by atoms with Crippen molar-refractivity contribution >= 4 is 17.8 Å². The van der Waals surface area contributed by atoms with Gasteiger partial charge in [0, 0.05) is 47.9 Å². The SMILES string of the molecule is CCCCN1C(=O)C(=C2/C(=C/C=C3C4=CC=CC5=CC=CC(C54)N3C(C)CCC)CC/C2=C\C=C2/C3=CC=CC4=CC=CC(C43)N2C(C)CCC)C(=O)N(C(C)C)C1=O. The lowest BCUT2D eigenvalue weighted by molar-refractivity contribution is -0.137. The number of barbiturate groups is 1. The number of urea groups is 1. The number of allylic oxidation sites excluding steroid dienone is 19. The highest BCUT2D eigenvalue weighted by Crippen LogP contribution is 2.50. The van der Waals surface area contributed by atoms with Gasteiger partial charge in [0.1, 0.15) is 5.57 Å². The second kappa shape index (κ2) is 16.8. The first-order valence-corrected chi connectivity index (χ1v) is 22.5. The van der Waals surface area contributed by atoms with Crippen molar-refractivity contribution in [2.24, 2.45) is 11.8 Å². The number of hydrogen-bond donors (Lipinski definition) is 0. The second-order valence-electron chi connectivity index (χ2n) is 17.7. The number of imide groups is 2. The lowest BCUT2D eigenvalue weighted by Gasteiger charge is -2.37. The standard InChI is InChI=1S/C52H62N4O3/c1-8-11-32-53-50(57)49(51(58)54(33(4)5)52(53)59)46-38(28-30-42-40-22-12-18-36-20-14-24-44(47(36)40)55(42)34(6)16-9-2)26-27-39(46)29-31-43-41-23-13-19-37-21-15-25-45(48(37)41)56(43)35(7)17-10-3/h12-15,18-25,28-31,33-35,44-45,47-48H,8-11,16-17,26-27,32H2,1-7H3/b38-28+,39-29+,42-30+,43-31?,49-46?. The topological polar surface area (TPSA) is 64.2 Å². The summed E-state index contributed by atoms with van der Waals surface area (Å²) in [4.78, 5) is 51.1. The molecule has 5 aliphatic carbocycles. The van der Waals surface area contributed by atoms with Crippen LogP contribution in [-0.4, -0.2) is 74.2 Å². The molecule has 0 spiro atoms. The van der Waals surface area contributed by atoms with Gasteiger partial charge in [-0.3, -0.25) is 19.4 Å². The Bertz CT molecular complexity index is 2090. The monoisotopic (exact) mass is 790 g/mol. The molecule has 7 nitrogen and oxygen atoms in total. The number of carbonyl (C=O) groups excluding carboxylic acids is 3. The van der Waals surface area contributed by atoms with Gasteiger partial charge in [0.05, 0.1) is 12.1 Å². The maximum Gasteiger partial charge on any atom is 0.334 e. The molecule has 4 amide bonds. The Labute approximate surface area is 352 Å². The highest BCUT2D eigenvalue weighted by atomic mass is 16.2. The Morgan fingerprint density at radius 2 is 1.14 bits per heavy atom. The van der Waals surface area contributed by atoms with Crippen LogP contribution in [-0.2, 0) is 9.59 Å². The van der Waals surface area contributed by atoms with Crippen LogP contribution in [0.25, 0.3) is 0 Å². The summed E-state index contributed by atoms with van der Waals surface area (Å²) in [6, 6.07) is 0.218. The lowest BCUT2D eigenvalue weighted by Crippen LogP contribution is -2.58. The number of hydrogen-bond acceptors (Lipinski definition) is 5. The first kappa shape index (κ1) is 40.6. The molecule has 3 saturated heterocycles. The molecule has 6 atom stereocenters. The van der Waals surface area contributed by atoms with Gasteiger partial charge in [-0.15, -0.1) is 0 Å². The minimum atomic E-state index is -0.516. The lowest BCUT2D eigenvalue weighted by atomic mass is 9.81. The molecule has 3 aliphatic heterocycles. The van der Waals surface area contributed by atoms with E-state index in [9.17, 15) is 14.4 Å². The molecule has 8 rings (SSSR count). The number of rotatable bonds is 12. The van der Waals surface area contributed by atoms with Gasteiger partial charge < -0.3 is 9.80 Å². The molecule has 3 heterocycles. The summed E-state index contributed by atoms with van der Waals surface area (Å²) in [5, 5.41) is 0. The molecule has 0 radical (unpaired) electrons. The maximum absolute atomic E-state index is 14.7. The molecule has 0 N–H and O–H groups in total. The van der Waals surface area contributed by atoms with Crippen molar-refractivity contribution in [1.29, 1.82) is 0 Å². The van der Waals surface area contributed by atoms with Crippen LogP contribution in [0.5, 0.6) is 0 Å². The zero-order valence-electron chi connectivity index (χ0n) is 36.2. The maximum atomic E-state index is 14.7. The summed E-state index contributed by atoms with van der Waals surface area (Å²) in [5.41, 5.74) is 10.4. The van der Waals surface area contributed by atoms with Crippen LogP contribution in [0.1, 0.15) is 99.8 Å². The van der Waals surface area contributed by atoms with Crippen LogP contribution in [0.4, 0.5) is 4.79 Å². The van der Waals surface area contributed by atoms with Crippen molar-refractivity contribution in [3.8, 4) is 0 Å². The van der Waals surface area contributed by atoms with E-state index in [1.165, 1.54) is 43.5 Å². The Hall–Kier alpha value is -5.17. The Balaban J connectivity index is 1.30. The van der Waals surface area contributed by atoms with E-state index < -0.39 is 23.9 Å². The fourth-order valence-electron chi connectivity index (χ4n) is 10.9. The van der Waals surface area contributed by atoms with Crippen molar-refractivity contribution < 1.29 is 14.4 Å². The summed E-state index contributed by atoms with van der Waals surface area (Å²) in [6.45, 7) is 15.2. The van der Waals surface area contributed by atoms with E-state index in [0.29, 0.717) is 36.9 Å². The minimum absolute atomic E-state index is 0.120. The molecule has 7 heteroatoms. The van der Waals surface area contributed by atoms with Gasteiger partial charge >= 0.3 is 6.03 Å². The van der Waals surface area contributed by atoms with E-state index in [2.05, 4.69) is 142 Å². The molecule has 6 unspecified atom stereocenters. The van der Waals surface area contributed by atoms with Crippen molar-refractivity contribution in [2.75, 3.05) is 6.54 Å². The van der Waals surface area contributed by atoms with E-state index in [1.807, 2.05) is 13.8 Å². The summed E-state index contributed by atoms with van der Waals surface area (Å²) in [5.74, 6) is -0.417. The summed E-state index contributed by atoms with van der Waals surface area (Å²) in [7, 11) is 0. The number of likely N-dealkylation sites (tertiary alicyclic amines) is 2. The van der Waals surface area contributed by atoms with Gasteiger partial charge in [-0.25, -0.2) is 4.79 Å². The highest BCUT2D eigenvalue weighted by molar-refractivity contribution is 6.30. The highest BCUT2D eigenvalue weighted by Gasteiger charge is 2.48. The van der Waals surface area contributed by atoms with Crippen LogP contribution in [0.15, 0.2) is 153 Å². The molecule has 0 bridgehead atoms. The van der Waals surface area contributed by atoms with E-state index in [0.717, 1.165) is 43.3 Å². The van der Waals surface area contributed by atoms with Crippen LogP contribution < -0.4 is 0 Å². The van der Waals surface area contributed by atoms with Gasteiger partial charge in [0.15, 0.2) is 0 Å². The molecule has 0 aromatic heterocycles. The van der Waals surface area contributed by atoms with Gasteiger partial charge in [-0.1, -0.05) is 125 Å². The number of unbranched alkanes of at least 4 members (excludes halogenated alkanes) is 1. The molecule has 1 saturated carbocycles. The number of nitrogens with zero attached hydrogens (tertiary/aromatic N) is 4. The van der Waals surface area contributed by atoms with Gasteiger partial charge in [-0.2, -0.15) is 0 Å². The van der Waals surface area contributed by atoms with Gasteiger partial charge in [0.25, 0.3) is 11.8 Å². The largest absolute Gasteiger partial charge is 0.361 e. The zero-order valence-corrected chi connectivity index (χ0v) is 36.2. The predicted octanol–water partition coefficient (Wildman–Crippen LogP) is 10.7. The fraction of sp³-hybridized carbons (Fsp3) is 0.442. The first-order chi connectivity index (χ1) is 28.6. The summed E-state index contributed by atoms with van der Waals surface area (Å²) < 4.78 is 0. The third kappa shape index (κ3) is 6.98. The number of carbonyl (C=O) groups is 3. The molecular weight excluding hydrogens is 729 g/mol. The van der Waals surface area contributed by atoms with E-state index in [-0.39, 0.29) is 36.0 Å². The third-order valence-corrected chi connectivity index (χ3v) is 13.6. The smallest absolute Gasteiger partial charge is 0.334 e. The Kier molecular flexibility index (Phi) is 11.6.